The lowest BCUT2D eigenvalue weighted by atomic mass is 9.79. The molecule has 1 aliphatic carbocycles. The lowest BCUT2D eigenvalue weighted by molar-refractivity contribution is 0.115. The van der Waals surface area contributed by atoms with E-state index in [-0.39, 0.29) is 16.8 Å². The Bertz CT molecular complexity index is 1870. The van der Waals surface area contributed by atoms with Crippen molar-refractivity contribution in [3.05, 3.63) is 60.4 Å². The van der Waals surface area contributed by atoms with E-state index in [0.29, 0.717) is 41.8 Å². The van der Waals surface area contributed by atoms with Gasteiger partial charge in [-0.2, -0.15) is 14.3 Å². The molecule has 5 heterocycles. The van der Waals surface area contributed by atoms with Crippen LogP contribution in [-0.2, 0) is 17.1 Å². The molecule has 1 atom stereocenters. The third-order valence-electron chi connectivity index (χ3n) is 9.22. The van der Waals surface area contributed by atoms with Crippen molar-refractivity contribution in [3.8, 4) is 23.2 Å². The molecule has 1 aliphatic heterocycles. The average Bonchev–Trinajstić information content (AvgIpc) is 3.64. The number of anilines is 3. The summed E-state index contributed by atoms with van der Waals surface area (Å²) in [5, 5.41) is 11.2. The smallest absolute Gasteiger partial charge is 0.256 e. The Labute approximate surface area is 270 Å². The highest BCUT2D eigenvalue weighted by molar-refractivity contribution is 7.90. The van der Waals surface area contributed by atoms with Gasteiger partial charge in [0, 0.05) is 56.4 Å². The number of nitrogens with one attached hydrogen (secondary N) is 1. The van der Waals surface area contributed by atoms with Crippen molar-refractivity contribution in [1.82, 2.24) is 38.8 Å². The van der Waals surface area contributed by atoms with Crippen LogP contribution in [0.3, 0.4) is 0 Å². The van der Waals surface area contributed by atoms with Crippen LogP contribution in [0.4, 0.5) is 17.3 Å². The van der Waals surface area contributed by atoms with Gasteiger partial charge in [-0.05, 0) is 65.6 Å². The SMILES string of the molecule is CN(C)C(C)(C)C(N)C1CCN(c2cc(Nc3ccnc(-c4cnn(S(=O)(=O)C5CC5)c4)n3)ncc2C#Cc2cnn(C)c2)CC1. The Kier molecular flexibility index (Phi) is 8.58. The summed E-state index contributed by atoms with van der Waals surface area (Å²) in [6.07, 6.45) is 13.2. The van der Waals surface area contributed by atoms with Crippen molar-refractivity contribution in [1.29, 1.82) is 0 Å². The van der Waals surface area contributed by atoms with Gasteiger partial charge in [-0.3, -0.25) is 4.68 Å². The summed E-state index contributed by atoms with van der Waals surface area (Å²) in [6, 6.07) is 3.79. The summed E-state index contributed by atoms with van der Waals surface area (Å²) < 4.78 is 28.0. The van der Waals surface area contributed by atoms with Crippen molar-refractivity contribution < 1.29 is 8.42 Å². The van der Waals surface area contributed by atoms with Crippen molar-refractivity contribution in [2.75, 3.05) is 37.4 Å². The van der Waals surface area contributed by atoms with E-state index in [9.17, 15) is 8.42 Å². The van der Waals surface area contributed by atoms with Gasteiger partial charge in [0.05, 0.1) is 46.2 Å². The standard InChI is InChI=1S/C32H41N11O2S/c1-32(2,40(3)4)30(33)23-11-14-42(15-12-23)27-16-29(35-18-24(27)7-6-22-17-36-41(5)20-22)38-28-10-13-34-31(39-28)25-19-37-43(21-25)46(44,45)26-8-9-26/h10,13,16-21,23,26,30H,8-9,11-12,14-15,33H2,1-5H3,(H,34,35,38,39). The van der Waals surface area contributed by atoms with E-state index in [1.165, 1.54) is 12.4 Å². The Morgan fingerprint density at radius 1 is 1.02 bits per heavy atom. The number of aryl methyl sites for hydroxylation is 1. The number of piperidine rings is 1. The third kappa shape index (κ3) is 6.62. The van der Waals surface area contributed by atoms with Crippen LogP contribution in [0.1, 0.15) is 50.7 Å². The molecule has 3 N–H and O–H groups in total. The largest absolute Gasteiger partial charge is 0.370 e. The van der Waals surface area contributed by atoms with Crippen LogP contribution < -0.4 is 16.0 Å². The number of aromatic nitrogens is 7. The molecule has 46 heavy (non-hydrogen) atoms. The zero-order valence-corrected chi connectivity index (χ0v) is 27.7. The summed E-state index contributed by atoms with van der Waals surface area (Å²) >= 11 is 0. The zero-order valence-electron chi connectivity index (χ0n) is 26.9. The quantitative estimate of drug-likeness (QED) is 0.259. The van der Waals surface area contributed by atoms with Crippen LogP contribution in [0.5, 0.6) is 0 Å². The first kappa shape index (κ1) is 31.7. The van der Waals surface area contributed by atoms with Gasteiger partial charge < -0.3 is 20.9 Å². The second-order valence-corrected chi connectivity index (χ2v) is 14.9. The molecule has 0 aromatic carbocycles. The molecule has 1 unspecified atom stereocenters. The van der Waals surface area contributed by atoms with Crippen molar-refractivity contribution in [2.24, 2.45) is 18.7 Å². The van der Waals surface area contributed by atoms with Gasteiger partial charge in [0.15, 0.2) is 5.82 Å². The Hall–Kier alpha value is -4.32. The summed E-state index contributed by atoms with van der Waals surface area (Å²) in [5.74, 6) is 8.42. The van der Waals surface area contributed by atoms with E-state index >= 15 is 0 Å². The summed E-state index contributed by atoms with van der Waals surface area (Å²) in [5.41, 5.74) is 9.83. The van der Waals surface area contributed by atoms with E-state index in [1.807, 2.05) is 19.3 Å². The monoisotopic (exact) mass is 643 g/mol. The van der Waals surface area contributed by atoms with Crippen LogP contribution in [0, 0.1) is 17.8 Å². The minimum Gasteiger partial charge on any atom is -0.370 e. The molecular weight excluding hydrogens is 602 g/mol. The molecule has 0 bridgehead atoms. The molecule has 0 radical (unpaired) electrons. The number of hydrogen-bond donors (Lipinski definition) is 2. The van der Waals surface area contributed by atoms with E-state index in [1.54, 1.807) is 29.3 Å². The molecule has 6 rings (SSSR count). The minimum absolute atomic E-state index is 0.0528. The second-order valence-electron chi connectivity index (χ2n) is 12.9. The maximum Gasteiger partial charge on any atom is 0.256 e. The molecule has 2 fully saturated rings. The summed E-state index contributed by atoms with van der Waals surface area (Å²) in [4.78, 5) is 18.2. The third-order valence-corrected chi connectivity index (χ3v) is 11.3. The number of nitrogens with two attached hydrogens (primary N) is 1. The second kappa shape index (κ2) is 12.5. The first-order valence-electron chi connectivity index (χ1n) is 15.5. The van der Waals surface area contributed by atoms with Gasteiger partial charge in [-0.1, -0.05) is 11.8 Å². The topological polar surface area (TPSA) is 153 Å². The lowest BCUT2D eigenvalue weighted by Crippen LogP contribution is -2.58. The van der Waals surface area contributed by atoms with Gasteiger partial charge in [0.25, 0.3) is 10.0 Å². The van der Waals surface area contributed by atoms with Crippen LogP contribution in [0.2, 0.25) is 0 Å². The van der Waals surface area contributed by atoms with Gasteiger partial charge in [-0.15, -0.1) is 0 Å². The molecular formula is C32H41N11O2S. The Balaban J connectivity index is 1.24. The normalized spacial score (nSPS) is 16.7. The first-order chi connectivity index (χ1) is 21.9. The zero-order chi connectivity index (χ0) is 32.6. The highest BCUT2D eigenvalue weighted by atomic mass is 32.2. The number of pyridine rings is 1. The maximum atomic E-state index is 12.6. The molecule has 242 valence electrons. The Morgan fingerprint density at radius 3 is 2.46 bits per heavy atom. The highest BCUT2D eigenvalue weighted by Crippen LogP contribution is 2.33. The van der Waals surface area contributed by atoms with Crippen LogP contribution in [-0.4, -0.2) is 91.3 Å². The average molecular weight is 644 g/mol. The molecule has 0 spiro atoms. The van der Waals surface area contributed by atoms with Crippen LogP contribution in [0.25, 0.3) is 11.4 Å². The van der Waals surface area contributed by atoms with Crippen molar-refractivity contribution in [2.45, 2.75) is 56.4 Å². The van der Waals surface area contributed by atoms with Crippen molar-refractivity contribution in [3.63, 3.8) is 0 Å². The summed E-state index contributed by atoms with van der Waals surface area (Å²) in [6.45, 7) is 6.10. The fourth-order valence-corrected chi connectivity index (χ4v) is 7.12. The fraction of sp³-hybridized carbons (Fsp3) is 0.469. The molecule has 4 aromatic rings. The molecule has 14 heteroatoms. The molecule has 13 nitrogen and oxygen atoms in total. The van der Waals surface area contributed by atoms with Crippen molar-refractivity contribution >= 4 is 27.3 Å². The lowest BCUT2D eigenvalue weighted by Gasteiger charge is -2.45. The van der Waals surface area contributed by atoms with Gasteiger partial charge >= 0.3 is 0 Å². The molecule has 1 saturated heterocycles. The van der Waals surface area contributed by atoms with Gasteiger partial charge in [0.2, 0.25) is 0 Å². The van der Waals surface area contributed by atoms with Gasteiger partial charge in [-0.25, -0.2) is 23.4 Å². The number of hydrogen-bond acceptors (Lipinski definition) is 11. The van der Waals surface area contributed by atoms with Crippen LogP contribution >= 0.6 is 0 Å². The minimum atomic E-state index is -3.48. The molecule has 4 aromatic heterocycles. The summed E-state index contributed by atoms with van der Waals surface area (Å²) in [7, 11) is 2.56. The van der Waals surface area contributed by atoms with E-state index in [4.69, 9.17) is 5.73 Å². The fourth-order valence-electron chi connectivity index (χ4n) is 5.65. The van der Waals surface area contributed by atoms with E-state index in [0.717, 1.165) is 46.8 Å². The first-order valence-corrected chi connectivity index (χ1v) is 17.0. The maximum absolute atomic E-state index is 12.6. The molecule has 2 aliphatic rings. The number of rotatable bonds is 9. The predicted molar refractivity (Wildman–Crippen MR) is 178 cm³/mol. The van der Waals surface area contributed by atoms with Crippen LogP contribution in [0.15, 0.2) is 49.3 Å². The van der Waals surface area contributed by atoms with E-state index in [2.05, 4.69) is 80.0 Å². The Morgan fingerprint density at radius 2 is 1.78 bits per heavy atom. The van der Waals surface area contributed by atoms with E-state index < -0.39 is 10.0 Å². The number of likely N-dealkylation sites (N-methyl/N-ethyl adjacent to an activating group) is 1. The highest BCUT2D eigenvalue weighted by Gasteiger charge is 2.38. The number of nitrogens with zero attached hydrogens (tertiary/aromatic N) is 9. The predicted octanol–water partition coefficient (Wildman–Crippen LogP) is 2.84. The molecule has 0 amide bonds. The van der Waals surface area contributed by atoms with Gasteiger partial charge in [0.1, 0.15) is 11.6 Å². The molecule has 1 saturated carbocycles.